The minimum Gasteiger partial charge on any atom is -0.493 e. The molecule has 0 spiro atoms. The van der Waals surface area contributed by atoms with E-state index in [0.717, 1.165) is 15.6 Å². The average Bonchev–Trinajstić information content (AvgIpc) is 3.10. The van der Waals surface area contributed by atoms with Gasteiger partial charge in [0.1, 0.15) is 0 Å². The topological polar surface area (TPSA) is 69.4 Å². The fraction of sp³-hybridized carbons (Fsp3) is 0.176. The van der Waals surface area contributed by atoms with E-state index < -0.39 is 0 Å². The summed E-state index contributed by atoms with van der Waals surface area (Å²) < 4.78 is 16.8. The highest BCUT2D eigenvalue weighted by molar-refractivity contribution is 9.10. The molecule has 6 nitrogen and oxygen atoms in total. The van der Waals surface area contributed by atoms with Gasteiger partial charge in [0.2, 0.25) is 0 Å². The predicted molar refractivity (Wildman–Crippen MR) is 94.3 cm³/mol. The molecule has 2 aromatic carbocycles. The molecule has 0 saturated carbocycles. The van der Waals surface area contributed by atoms with Gasteiger partial charge in [0.05, 0.1) is 14.2 Å². The highest BCUT2D eigenvalue weighted by atomic mass is 79.9. The number of halogens is 1. The first-order valence-electron chi connectivity index (χ1n) is 7.24. The van der Waals surface area contributed by atoms with E-state index in [2.05, 4.69) is 31.4 Å². The quantitative estimate of drug-likeness (QED) is 0.683. The summed E-state index contributed by atoms with van der Waals surface area (Å²) in [4.78, 5) is 4.34. The molecule has 0 saturated heterocycles. The molecule has 1 heterocycles. The van der Waals surface area contributed by atoms with Crippen molar-refractivity contribution in [1.29, 1.82) is 0 Å². The third-order valence-corrected chi connectivity index (χ3v) is 4.17. The Morgan fingerprint density at radius 3 is 2.50 bits per heavy atom. The smallest absolute Gasteiger partial charge is 0.264 e. The molecule has 1 aromatic heterocycles. The number of anilines is 1. The lowest BCUT2D eigenvalue weighted by Crippen LogP contribution is -2.03. The van der Waals surface area contributed by atoms with Crippen LogP contribution < -0.4 is 14.8 Å². The first kappa shape index (κ1) is 16.3. The first-order valence-corrected chi connectivity index (χ1v) is 8.04. The Bertz CT molecular complexity index is 821. The number of rotatable bonds is 6. The Kier molecular flexibility index (Phi) is 5.00. The van der Waals surface area contributed by atoms with Crippen LogP contribution in [0, 0.1) is 0 Å². The fourth-order valence-electron chi connectivity index (χ4n) is 2.20. The van der Waals surface area contributed by atoms with E-state index in [1.54, 1.807) is 14.2 Å². The highest BCUT2D eigenvalue weighted by Crippen LogP contribution is 2.33. The minimum atomic E-state index is 0.426. The van der Waals surface area contributed by atoms with E-state index in [9.17, 15) is 0 Å². The van der Waals surface area contributed by atoms with Gasteiger partial charge in [-0.25, -0.2) is 0 Å². The molecular weight excluding hydrogens is 374 g/mol. The van der Waals surface area contributed by atoms with E-state index >= 15 is 0 Å². The number of methoxy groups -OCH3 is 2. The second-order valence-electron chi connectivity index (χ2n) is 4.94. The second kappa shape index (κ2) is 7.35. The van der Waals surface area contributed by atoms with Crippen molar-refractivity contribution >= 4 is 21.9 Å². The van der Waals surface area contributed by atoms with Crippen LogP contribution in [0.15, 0.2) is 51.5 Å². The monoisotopic (exact) mass is 389 g/mol. The SMILES string of the molecule is COc1cc(Br)c(CNc2noc(-c3ccccc3)n2)cc1OC. The van der Waals surface area contributed by atoms with Crippen LogP contribution in [0.1, 0.15) is 5.56 Å². The molecule has 124 valence electrons. The van der Waals surface area contributed by atoms with E-state index in [-0.39, 0.29) is 0 Å². The number of benzene rings is 2. The van der Waals surface area contributed by atoms with Crippen molar-refractivity contribution in [2.75, 3.05) is 19.5 Å². The molecule has 0 aliphatic rings. The van der Waals surface area contributed by atoms with Gasteiger partial charge >= 0.3 is 0 Å². The minimum absolute atomic E-state index is 0.426. The molecule has 0 amide bonds. The number of ether oxygens (including phenoxy) is 2. The molecule has 1 N–H and O–H groups in total. The lowest BCUT2D eigenvalue weighted by atomic mass is 10.2. The standard InChI is InChI=1S/C17H16BrN3O3/c1-22-14-8-12(13(18)9-15(14)23-2)10-19-17-20-16(24-21-17)11-6-4-3-5-7-11/h3-9H,10H2,1-2H3,(H,19,21). The summed E-state index contributed by atoms with van der Waals surface area (Å²) in [6, 6.07) is 13.4. The van der Waals surface area contributed by atoms with E-state index in [1.165, 1.54) is 0 Å². The Morgan fingerprint density at radius 2 is 1.79 bits per heavy atom. The average molecular weight is 390 g/mol. The van der Waals surface area contributed by atoms with Crippen molar-refractivity contribution in [2.45, 2.75) is 6.54 Å². The van der Waals surface area contributed by atoms with Gasteiger partial charge < -0.3 is 19.3 Å². The zero-order valence-electron chi connectivity index (χ0n) is 13.2. The van der Waals surface area contributed by atoms with Crippen molar-refractivity contribution in [3.05, 3.63) is 52.5 Å². The molecule has 0 atom stereocenters. The summed E-state index contributed by atoms with van der Waals surface area (Å²) in [7, 11) is 3.21. The largest absolute Gasteiger partial charge is 0.493 e. The van der Waals surface area contributed by atoms with Crippen molar-refractivity contribution in [2.24, 2.45) is 0 Å². The third kappa shape index (κ3) is 3.51. The lowest BCUT2D eigenvalue weighted by Gasteiger charge is -2.11. The van der Waals surface area contributed by atoms with Crippen LogP contribution in [-0.4, -0.2) is 24.4 Å². The Labute approximate surface area is 147 Å². The molecule has 0 aliphatic carbocycles. The molecular formula is C17H16BrN3O3. The maximum Gasteiger partial charge on any atom is 0.264 e. The van der Waals surface area contributed by atoms with Crippen LogP contribution in [0.4, 0.5) is 5.95 Å². The molecule has 3 rings (SSSR count). The molecule has 0 radical (unpaired) electrons. The fourth-order valence-corrected chi connectivity index (χ4v) is 2.66. The number of nitrogens with zero attached hydrogens (tertiary/aromatic N) is 2. The summed E-state index contributed by atoms with van der Waals surface area (Å²) >= 11 is 3.53. The summed E-state index contributed by atoms with van der Waals surface area (Å²) in [5.74, 6) is 2.23. The van der Waals surface area contributed by atoms with E-state index in [4.69, 9.17) is 14.0 Å². The van der Waals surface area contributed by atoms with Crippen LogP contribution in [0.25, 0.3) is 11.5 Å². The summed E-state index contributed by atoms with van der Waals surface area (Å²) in [6.07, 6.45) is 0. The van der Waals surface area contributed by atoms with Gasteiger partial charge in [0, 0.05) is 16.6 Å². The van der Waals surface area contributed by atoms with Crippen LogP contribution in [0.5, 0.6) is 11.5 Å². The predicted octanol–water partition coefficient (Wildman–Crippen LogP) is 4.13. The zero-order chi connectivity index (χ0) is 16.9. The van der Waals surface area contributed by atoms with Gasteiger partial charge in [-0.3, -0.25) is 0 Å². The van der Waals surface area contributed by atoms with Crippen LogP contribution >= 0.6 is 15.9 Å². The van der Waals surface area contributed by atoms with Crippen molar-refractivity contribution in [3.8, 4) is 23.0 Å². The number of hydrogen-bond donors (Lipinski definition) is 1. The molecule has 0 unspecified atom stereocenters. The second-order valence-corrected chi connectivity index (χ2v) is 5.80. The summed E-state index contributed by atoms with van der Waals surface area (Å²) in [5, 5.41) is 7.08. The summed E-state index contributed by atoms with van der Waals surface area (Å²) in [6.45, 7) is 0.509. The van der Waals surface area contributed by atoms with Gasteiger partial charge in [0.15, 0.2) is 11.5 Å². The van der Waals surface area contributed by atoms with Crippen molar-refractivity contribution in [1.82, 2.24) is 10.1 Å². The molecule has 3 aromatic rings. The maximum absolute atomic E-state index is 5.32. The Balaban J connectivity index is 1.73. The Hall–Kier alpha value is -2.54. The van der Waals surface area contributed by atoms with Crippen molar-refractivity contribution in [3.63, 3.8) is 0 Å². The van der Waals surface area contributed by atoms with Crippen molar-refractivity contribution < 1.29 is 14.0 Å². The van der Waals surface area contributed by atoms with E-state index in [0.29, 0.717) is 29.9 Å². The van der Waals surface area contributed by atoms with E-state index in [1.807, 2.05) is 42.5 Å². The van der Waals surface area contributed by atoms with Crippen LogP contribution in [0.2, 0.25) is 0 Å². The molecule has 0 bridgehead atoms. The first-order chi connectivity index (χ1) is 11.7. The van der Waals surface area contributed by atoms with Crippen LogP contribution in [0.3, 0.4) is 0 Å². The molecule has 0 fully saturated rings. The third-order valence-electron chi connectivity index (χ3n) is 3.44. The van der Waals surface area contributed by atoms with Gasteiger partial charge in [-0.15, -0.1) is 0 Å². The van der Waals surface area contributed by atoms with Crippen LogP contribution in [-0.2, 0) is 6.54 Å². The summed E-state index contributed by atoms with van der Waals surface area (Å²) in [5.41, 5.74) is 1.86. The normalized spacial score (nSPS) is 10.5. The number of aromatic nitrogens is 2. The highest BCUT2D eigenvalue weighted by Gasteiger charge is 2.12. The van der Waals surface area contributed by atoms with Gasteiger partial charge in [-0.05, 0) is 35.0 Å². The number of nitrogens with one attached hydrogen (secondary N) is 1. The molecule has 24 heavy (non-hydrogen) atoms. The van der Waals surface area contributed by atoms with Gasteiger partial charge in [0.25, 0.3) is 11.8 Å². The van der Waals surface area contributed by atoms with Gasteiger partial charge in [-0.2, -0.15) is 4.98 Å². The maximum atomic E-state index is 5.32. The molecule has 7 heteroatoms. The lowest BCUT2D eigenvalue weighted by molar-refractivity contribution is 0.354. The zero-order valence-corrected chi connectivity index (χ0v) is 14.8. The molecule has 0 aliphatic heterocycles. The van der Waals surface area contributed by atoms with Gasteiger partial charge in [-0.1, -0.05) is 34.1 Å². The number of hydrogen-bond acceptors (Lipinski definition) is 6. The Morgan fingerprint density at radius 1 is 1.08 bits per heavy atom.